The summed E-state index contributed by atoms with van der Waals surface area (Å²) >= 11 is 5.71. The molecule has 0 aromatic heterocycles. The van der Waals surface area contributed by atoms with Gasteiger partial charge in [-0.3, -0.25) is 0 Å². The number of likely N-dealkylation sites (N-methyl/N-ethyl adjacent to an activating group) is 1. The Hall–Kier alpha value is -0.436. The van der Waals surface area contributed by atoms with Gasteiger partial charge in [0.25, 0.3) is 0 Å². The molecule has 1 aromatic carbocycles. The molecule has 1 aromatic rings. The van der Waals surface area contributed by atoms with Crippen molar-refractivity contribution in [3.05, 3.63) is 65.1 Å². The van der Waals surface area contributed by atoms with Crippen molar-refractivity contribution in [2.75, 3.05) is 7.05 Å². The van der Waals surface area contributed by atoms with Crippen LogP contribution in [0.3, 0.4) is 0 Å². The third-order valence-electron chi connectivity index (χ3n) is 2.45. The number of hydrogen-bond acceptors (Lipinski definition) is 1. The normalized spacial score (nSPS) is 14.4. The van der Waals surface area contributed by atoms with Crippen molar-refractivity contribution in [3.63, 3.8) is 0 Å². The fourth-order valence-corrected chi connectivity index (χ4v) is 1.67. The van der Waals surface area contributed by atoms with Crippen LogP contribution < -0.4 is 0 Å². The van der Waals surface area contributed by atoms with E-state index in [0.717, 1.165) is 5.70 Å². The summed E-state index contributed by atoms with van der Waals surface area (Å²) in [5.74, 6) is -0.357. The molecule has 1 aliphatic heterocycles. The number of halogens is 2. The van der Waals surface area contributed by atoms with Crippen molar-refractivity contribution in [1.82, 2.24) is 4.90 Å². The number of nitrogens with zero attached hydrogens (tertiary/aromatic N) is 1. The van der Waals surface area contributed by atoms with E-state index in [2.05, 4.69) is 12.7 Å². The van der Waals surface area contributed by atoms with E-state index in [-0.39, 0.29) is 38.5 Å². The van der Waals surface area contributed by atoms with Gasteiger partial charge < -0.3 is 4.90 Å². The first-order valence-corrected chi connectivity index (χ1v) is 5.15. The van der Waals surface area contributed by atoms with Crippen molar-refractivity contribution < 1.29 is 37.1 Å². The first-order valence-electron chi connectivity index (χ1n) is 4.77. The molecule has 1 heterocycles. The average molecular weight is 324 g/mol. The van der Waals surface area contributed by atoms with E-state index in [1.807, 2.05) is 13.1 Å². The number of allylic oxidation sites excluding steroid dienone is 3. The standard InChI is InChI=1S/C13H10ClFN.Y/c1-9-4-3-5-13(16(9)2)11-7-6-10(14)8-12(11)15;/h3-4,6-8H,1H2,2H3;/q-1;. The number of hydrogen-bond donors (Lipinski definition) is 0. The fraction of sp³-hybridized carbons (Fsp3) is 0.0769. The maximum Gasteiger partial charge on any atom is 0.0796 e. The Bertz CT molecular complexity index is 508. The van der Waals surface area contributed by atoms with Gasteiger partial charge >= 0.3 is 0 Å². The largest absolute Gasteiger partial charge is 0.379 e. The Morgan fingerprint density at radius 1 is 1.41 bits per heavy atom. The molecule has 0 aliphatic carbocycles. The fourth-order valence-electron chi connectivity index (χ4n) is 1.51. The van der Waals surface area contributed by atoms with Gasteiger partial charge in [-0.2, -0.15) is 12.2 Å². The van der Waals surface area contributed by atoms with Crippen LogP contribution in [0.2, 0.25) is 5.02 Å². The summed E-state index contributed by atoms with van der Waals surface area (Å²) in [7, 11) is 1.82. The monoisotopic (exact) mass is 323 g/mol. The van der Waals surface area contributed by atoms with Crippen LogP contribution in [0.15, 0.2) is 42.6 Å². The summed E-state index contributed by atoms with van der Waals surface area (Å²) in [5, 5.41) is 0.384. The van der Waals surface area contributed by atoms with Crippen LogP contribution in [0.25, 0.3) is 5.70 Å². The molecule has 1 radical (unpaired) electrons. The average Bonchev–Trinajstić information content (AvgIpc) is 2.23. The van der Waals surface area contributed by atoms with Gasteiger partial charge in [-0.1, -0.05) is 35.5 Å². The van der Waals surface area contributed by atoms with Gasteiger partial charge in [0.2, 0.25) is 0 Å². The number of rotatable bonds is 1. The second-order valence-corrected chi connectivity index (χ2v) is 3.94. The van der Waals surface area contributed by atoms with Gasteiger partial charge in [-0.15, -0.1) is 12.1 Å². The summed E-state index contributed by atoms with van der Waals surface area (Å²) in [5.41, 5.74) is 1.92. The molecule has 0 unspecified atom stereocenters. The van der Waals surface area contributed by atoms with Crippen LogP contribution in [0.4, 0.5) is 4.39 Å². The predicted molar refractivity (Wildman–Crippen MR) is 64.1 cm³/mol. The molecule has 0 atom stereocenters. The van der Waals surface area contributed by atoms with E-state index in [9.17, 15) is 4.39 Å². The number of benzene rings is 1. The molecule has 1 aliphatic rings. The SMILES string of the molecule is C=C1C=C[C-]=C(c2ccc(Cl)cc2F)N1C.[Y]. The van der Waals surface area contributed by atoms with Crippen molar-refractivity contribution in [1.29, 1.82) is 0 Å². The molecule has 0 amide bonds. The second kappa shape index (κ2) is 5.95. The topological polar surface area (TPSA) is 3.24 Å². The maximum atomic E-state index is 13.7. The molecular formula is C13H10ClFNY-. The molecule has 1 nitrogen and oxygen atoms in total. The quantitative estimate of drug-likeness (QED) is 0.713. The molecule has 2 rings (SSSR count). The smallest absolute Gasteiger partial charge is 0.0796 e. The van der Waals surface area contributed by atoms with Gasteiger partial charge in [0.1, 0.15) is 0 Å². The van der Waals surface area contributed by atoms with Crippen molar-refractivity contribution in [2.45, 2.75) is 0 Å². The maximum absolute atomic E-state index is 13.7. The molecule has 0 saturated carbocycles. The molecular weight excluding hydrogens is 314 g/mol. The zero-order valence-corrected chi connectivity index (χ0v) is 13.0. The zero-order chi connectivity index (χ0) is 11.7. The molecule has 0 fully saturated rings. The van der Waals surface area contributed by atoms with Crippen LogP contribution in [0.1, 0.15) is 5.56 Å². The third-order valence-corrected chi connectivity index (χ3v) is 2.68. The van der Waals surface area contributed by atoms with Crippen molar-refractivity contribution in [2.24, 2.45) is 0 Å². The van der Waals surface area contributed by atoms with E-state index in [1.54, 1.807) is 23.1 Å². The minimum absolute atomic E-state index is 0. The Kier molecular flexibility index (Phi) is 5.11. The van der Waals surface area contributed by atoms with Crippen LogP contribution in [0, 0.1) is 11.9 Å². The molecule has 85 valence electrons. The van der Waals surface area contributed by atoms with Gasteiger partial charge in [0.05, 0.1) is 5.82 Å². The van der Waals surface area contributed by atoms with E-state index < -0.39 is 0 Å². The molecule has 0 bridgehead atoms. The Morgan fingerprint density at radius 3 is 2.76 bits per heavy atom. The molecule has 0 saturated heterocycles. The van der Waals surface area contributed by atoms with E-state index in [1.165, 1.54) is 6.07 Å². The Balaban J connectivity index is 0.00000144. The van der Waals surface area contributed by atoms with Gasteiger partial charge in [-0.05, 0) is 11.8 Å². The molecule has 4 heteroatoms. The van der Waals surface area contributed by atoms with Crippen molar-refractivity contribution in [3.8, 4) is 0 Å². The van der Waals surface area contributed by atoms with Gasteiger partial charge in [0.15, 0.2) is 0 Å². The second-order valence-electron chi connectivity index (χ2n) is 3.50. The third kappa shape index (κ3) is 3.07. The summed E-state index contributed by atoms with van der Waals surface area (Å²) in [6.07, 6.45) is 6.54. The summed E-state index contributed by atoms with van der Waals surface area (Å²) in [4.78, 5) is 1.78. The summed E-state index contributed by atoms with van der Waals surface area (Å²) in [6.45, 7) is 3.85. The van der Waals surface area contributed by atoms with Gasteiger partial charge in [0, 0.05) is 44.8 Å². The minimum atomic E-state index is -0.357. The zero-order valence-electron chi connectivity index (χ0n) is 9.37. The van der Waals surface area contributed by atoms with E-state index >= 15 is 0 Å². The first kappa shape index (κ1) is 14.6. The minimum Gasteiger partial charge on any atom is -0.379 e. The molecule has 0 N–H and O–H groups in total. The van der Waals surface area contributed by atoms with Crippen LogP contribution >= 0.6 is 11.6 Å². The Morgan fingerprint density at radius 2 is 2.12 bits per heavy atom. The first-order chi connectivity index (χ1) is 7.59. The summed E-state index contributed by atoms with van der Waals surface area (Å²) < 4.78 is 13.7. The predicted octanol–water partition coefficient (Wildman–Crippen LogP) is 3.64. The Labute approximate surface area is 131 Å². The van der Waals surface area contributed by atoms with Gasteiger partial charge in [-0.25, -0.2) is 4.39 Å². The summed E-state index contributed by atoms with van der Waals surface area (Å²) in [6, 6.07) is 4.59. The molecule has 0 spiro atoms. The van der Waals surface area contributed by atoms with E-state index in [4.69, 9.17) is 11.6 Å². The van der Waals surface area contributed by atoms with Crippen LogP contribution in [0.5, 0.6) is 0 Å². The van der Waals surface area contributed by atoms with E-state index in [0.29, 0.717) is 16.3 Å². The van der Waals surface area contributed by atoms with Crippen LogP contribution in [-0.2, 0) is 32.7 Å². The molecule has 17 heavy (non-hydrogen) atoms. The van der Waals surface area contributed by atoms with Crippen molar-refractivity contribution >= 4 is 17.3 Å². The van der Waals surface area contributed by atoms with Crippen LogP contribution in [-0.4, -0.2) is 11.9 Å².